The van der Waals surface area contributed by atoms with Crippen LogP contribution in [-0.4, -0.2) is 29.3 Å². The fourth-order valence-corrected chi connectivity index (χ4v) is 3.72. The number of fused-ring (bicyclic) bond motifs is 1. The maximum Gasteiger partial charge on any atom is 0.168 e. The number of rotatable bonds is 6. The number of anilines is 2. The van der Waals surface area contributed by atoms with Crippen molar-refractivity contribution < 1.29 is 14.3 Å². The average molecular weight is 391 g/mol. The van der Waals surface area contributed by atoms with Gasteiger partial charge in [0.15, 0.2) is 11.6 Å². The first kappa shape index (κ1) is 19.1. The molecule has 0 amide bonds. The maximum atomic E-state index is 12.9. The lowest BCUT2D eigenvalue weighted by Crippen LogP contribution is -2.19. The average Bonchev–Trinajstić information content (AvgIpc) is 3.08. The maximum absolute atomic E-state index is 12.9. The second-order valence-corrected chi connectivity index (χ2v) is 7.30. The third-order valence-electron chi connectivity index (χ3n) is 5.08. The van der Waals surface area contributed by atoms with Gasteiger partial charge in [0.1, 0.15) is 11.5 Å². The molecule has 0 radical (unpaired) electrons. The lowest BCUT2D eigenvalue weighted by atomic mass is 9.87. The quantitative estimate of drug-likeness (QED) is 0.655. The first-order valence-electron chi connectivity index (χ1n) is 9.88. The van der Waals surface area contributed by atoms with Gasteiger partial charge < -0.3 is 14.8 Å². The molecule has 4 rings (SSSR count). The van der Waals surface area contributed by atoms with E-state index in [-0.39, 0.29) is 5.78 Å². The summed E-state index contributed by atoms with van der Waals surface area (Å²) in [6.07, 6.45) is 1.35. The van der Waals surface area contributed by atoms with E-state index < -0.39 is 0 Å². The third kappa shape index (κ3) is 3.83. The molecule has 1 aliphatic rings. The van der Waals surface area contributed by atoms with E-state index in [4.69, 9.17) is 14.6 Å². The Morgan fingerprint density at radius 2 is 1.76 bits per heavy atom. The van der Waals surface area contributed by atoms with Gasteiger partial charge in [-0.3, -0.25) is 4.79 Å². The van der Waals surface area contributed by atoms with Crippen LogP contribution < -0.4 is 14.8 Å². The van der Waals surface area contributed by atoms with Gasteiger partial charge in [0.2, 0.25) is 0 Å². The summed E-state index contributed by atoms with van der Waals surface area (Å²) in [4.78, 5) is 12.9. The molecule has 0 aliphatic heterocycles. The lowest BCUT2D eigenvalue weighted by Gasteiger charge is -2.19. The van der Waals surface area contributed by atoms with Crippen molar-refractivity contribution in [3.63, 3.8) is 0 Å². The van der Waals surface area contributed by atoms with Gasteiger partial charge in [-0.15, -0.1) is 5.10 Å². The summed E-state index contributed by atoms with van der Waals surface area (Å²) in [6, 6.07) is 15.4. The predicted molar refractivity (Wildman–Crippen MR) is 113 cm³/mol. The van der Waals surface area contributed by atoms with Crippen molar-refractivity contribution in [2.75, 3.05) is 19.0 Å². The highest BCUT2D eigenvalue weighted by Gasteiger charge is 2.31. The molecular weight excluding hydrogens is 366 g/mol. The monoisotopic (exact) mass is 391 g/mol. The molecule has 0 spiro atoms. The lowest BCUT2D eigenvalue weighted by molar-refractivity contribution is 0.0953. The van der Waals surface area contributed by atoms with E-state index >= 15 is 0 Å². The number of nitrogens with one attached hydrogen (secondary N) is 1. The highest BCUT2D eigenvalue weighted by atomic mass is 16.5. The molecule has 0 fully saturated rings. The molecule has 0 saturated heterocycles. The molecule has 1 atom stereocenters. The van der Waals surface area contributed by atoms with E-state index in [1.54, 1.807) is 7.11 Å². The minimum absolute atomic E-state index is 0.131. The minimum Gasteiger partial charge on any atom is -0.497 e. The topological polar surface area (TPSA) is 65.4 Å². The Labute approximate surface area is 170 Å². The summed E-state index contributed by atoms with van der Waals surface area (Å²) in [5, 5.41) is 8.10. The molecule has 3 aromatic rings. The highest BCUT2D eigenvalue weighted by molar-refractivity contribution is 6.03. The summed E-state index contributed by atoms with van der Waals surface area (Å²) < 4.78 is 12.6. The molecule has 2 aromatic carbocycles. The van der Waals surface area contributed by atoms with Crippen molar-refractivity contribution in [3.05, 3.63) is 59.8 Å². The van der Waals surface area contributed by atoms with Gasteiger partial charge in [0.25, 0.3) is 0 Å². The Morgan fingerprint density at radius 1 is 1.07 bits per heavy atom. The van der Waals surface area contributed by atoms with Gasteiger partial charge in [0.05, 0.1) is 30.7 Å². The van der Waals surface area contributed by atoms with Crippen LogP contribution >= 0.6 is 0 Å². The molecule has 6 nitrogen and oxygen atoms in total. The number of ketones is 1. The number of nitrogens with zero attached hydrogens (tertiary/aromatic N) is 2. The summed E-state index contributed by atoms with van der Waals surface area (Å²) in [5.74, 6) is 2.62. The molecule has 0 saturated carbocycles. The summed E-state index contributed by atoms with van der Waals surface area (Å²) in [7, 11) is 1.64. The second kappa shape index (κ2) is 7.99. The molecule has 1 heterocycles. The van der Waals surface area contributed by atoms with Crippen molar-refractivity contribution in [1.82, 2.24) is 9.78 Å². The fraction of sp³-hybridized carbons (Fsp3) is 0.304. The standard InChI is InChI=1S/C23H25N3O3/c1-4-29-19-9-5-16(6-10-19)24-23-22-20(13-15(2)14-21(22)27)26(25-23)17-7-11-18(28-3)12-8-17/h5-12,15H,4,13-14H2,1-3H3,(H,24,25)/t15-/m0/s1. The predicted octanol–water partition coefficient (Wildman–Crippen LogP) is 4.79. The van der Waals surface area contributed by atoms with Crippen molar-refractivity contribution >= 4 is 17.3 Å². The van der Waals surface area contributed by atoms with Crippen LogP contribution in [0.3, 0.4) is 0 Å². The Morgan fingerprint density at radius 3 is 2.41 bits per heavy atom. The smallest absolute Gasteiger partial charge is 0.168 e. The van der Waals surface area contributed by atoms with Gasteiger partial charge in [-0.25, -0.2) is 4.68 Å². The number of carbonyl (C=O) groups excluding carboxylic acids is 1. The number of aromatic nitrogens is 2. The first-order chi connectivity index (χ1) is 14.1. The molecule has 0 unspecified atom stereocenters. The molecule has 1 N–H and O–H groups in total. The van der Waals surface area contributed by atoms with E-state index in [2.05, 4.69) is 12.2 Å². The number of benzene rings is 2. The number of carbonyl (C=O) groups is 1. The summed E-state index contributed by atoms with van der Waals surface area (Å²) >= 11 is 0. The van der Waals surface area contributed by atoms with Crippen LogP contribution in [0.15, 0.2) is 48.5 Å². The Hall–Kier alpha value is -3.28. The largest absolute Gasteiger partial charge is 0.497 e. The molecule has 0 bridgehead atoms. The summed E-state index contributed by atoms with van der Waals surface area (Å²) in [5.41, 5.74) is 3.41. The molecular formula is C23H25N3O3. The normalized spacial score (nSPS) is 15.7. The third-order valence-corrected chi connectivity index (χ3v) is 5.08. The van der Waals surface area contributed by atoms with Crippen molar-refractivity contribution in [2.24, 2.45) is 5.92 Å². The molecule has 1 aromatic heterocycles. The number of hydrogen-bond acceptors (Lipinski definition) is 5. The van der Waals surface area contributed by atoms with E-state index in [1.165, 1.54) is 0 Å². The van der Waals surface area contributed by atoms with Crippen molar-refractivity contribution in [2.45, 2.75) is 26.7 Å². The van der Waals surface area contributed by atoms with Crippen LogP contribution in [0.4, 0.5) is 11.5 Å². The first-order valence-corrected chi connectivity index (χ1v) is 9.88. The second-order valence-electron chi connectivity index (χ2n) is 7.30. The van der Waals surface area contributed by atoms with Crippen molar-refractivity contribution in [1.29, 1.82) is 0 Å². The Balaban J connectivity index is 1.72. The van der Waals surface area contributed by atoms with Crippen LogP contribution in [0.25, 0.3) is 5.69 Å². The zero-order chi connectivity index (χ0) is 20.4. The van der Waals surface area contributed by atoms with E-state index in [0.29, 0.717) is 30.3 Å². The van der Waals surface area contributed by atoms with Crippen LogP contribution in [0.5, 0.6) is 11.5 Å². The minimum atomic E-state index is 0.131. The van der Waals surface area contributed by atoms with E-state index in [1.807, 2.05) is 60.1 Å². The van der Waals surface area contributed by atoms with E-state index in [0.717, 1.165) is 35.0 Å². The SMILES string of the molecule is CCOc1ccc(Nc2nn(-c3ccc(OC)cc3)c3c2C(=O)C[C@@H](C)C3)cc1. The fourth-order valence-electron chi connectivity index (χ4n) is 3.72. The Bertz CT molecular complexity index is 1010. The van der Waals surface area contributed by atoms with Crippen LogP contribution in [-0.2, 0) is 6.42 Å². The number of methoxy groups -OCH3 is 1. The van der Waals surface area contributed by atoms with Gasteiger partial charge in [0, 0.05) is 12.1 Å². The van der Waals surface area contributed by atoms with Crippen LogP contribution in [0, 0.1) is 5.92 Å². The number of Topliss-reactive ketones (excluding diaryl/α,β-unsaturated/α-hetero) is 1. The molecule has 150 valence electrons. The van der Waals surface area contributed by atoms with Gasteiger partial charge in [-0.1, -0.05) is 6.92 Å². The van der Waals surface area contributed by atoms with Gasteiger partial charge in [-0.05, 0) is 67.8 Å². The number of hydrogen-bond donors (Lipinski definition) is 1. The van der Waals surface area contributed by atoms with E-state index in [9.17, 15) is 4.79 Å². The van der Waals surface area contributed by atoms with Crippen LogP contribution in [0.2, 0.25) is 0 Å². The molecule has 29 heavy (non-hydrogen) atoms. The Kier molecular flexibility index (Phi) is 5.25. The van der Waals surface area contributed by atoms with Gasteiger partial charge in [-0.2, -0.15) is 0 Å². The number of ether oxygens (including phenoxy) is 2. The van der Waals surface area contributed by atoms with Crippen molar-refractivity contribution in [3.8, 4) is 17.2 Å². The summed E-state index contributed by atoms with van der Waals surface area (Å²) in [6.45, 7) is 4.68. The molecule has 1 aliphatic carbocycles. The van der Waals surface area contributed by atoms with Gasteiger partial charge >= 0.3 is 0 Å². The molecule has 6 heteroatoms. The highest BCUT2D eigenvalue weighted by Crippen LogP contribution is 2.34. The van der Waals surface area contributed by atoms with Crippen LogP contribution in [0.1, 0.15) is 36.3 Å². The zero-order valence-corrected chi connectivity index (χ0v) is 16.9. The zero-order valence-electron chi connectivity index (χ0n) is 16.9.